The number of aliphatic hydroxyl groups excluding tert-OH is 2. The van der Waals surface area contributed by atoms with E-state index in [1.54, 1.807) is 24.5 Å². The largest absolute Gasteiger partial charge is 0.573 e. The fraction of sp³-hybridized carbons (Fsp3) is 0.471. The Labute approximate surface area is 171 Å². The Kier molecular flexibility index (Phi) is 6.09. The van der Waals surface area contributed by atoms with Crippen molar-refractivity contribution >= 4 is 14.0 Å². The topological polar surface area (TPSA) is 171 Å². The van der Waals surface area contributed by atoms with Gasteiger partial charge in [0.15, 0.2) is 6.23 Å². The minimum atomic E-state index is -3.68. The number of hydrogen-bond acceptors (Lipinski definition) is 11. The average Bonchev–Trinajstić information content (AvgIpc) is 3.01. The Balaban J connectivity index is 1.41. The van der Waals surface area contributed by atoms with E-state index in [9.17, 15) is 19.9 Å². The van der Waals surface area contributed by atoms with Crippen molar-refractivity contribution in [1.29, 1.82) is 0 Å². The number of nitrogens with zero attached hydrogens (tertiary/aromatic N) is 3. The van der Waals surface area contributed by atoms with E-state index in [1.807, 2.05) is 0 Å². The van der Waals surface area contributed by atoms with Crippen LogP contribution in [-0.4, -0.2) is 61.2 Å². The molecule has 13 heteroatoms. The lowest BCUT2D eigenvalue weighted by Crippen LogP contribution is -2.36. The van der Waals surface area contributed by atoms with Gasteiger partial charge in [-0.05, 0) is 23.8 Å². The van der Waals surface area contributed by atoms with Crippen LogP contribution in [0.2, 0.25) is 0 Å². The van der Waals surface area contributed by atoms with Crippen molar-refractivity contribution in [3.8, 4) is 0 Å². The predicted molar refractivity (Wildman–Crippen MR) is 103 cm³/mol. The van der Waals surface area contributed by atoms with E-state index in [-0.39, 0.29) is 19.0 Å². The van der Waals surface area contributed by atoms with Crippen molar-refractivity contribution in [1.82, 2.24) is 14.5 Å². The Hall–Kier alpha value is -2.02. The van der Waals surface area contributed by atoms with Crippen LogP contribution in [0.3, 0.4) is 0 Å². The Morgan fingerprint density at radius 3 is 2.77 bits per heavy atom. The van der Waals surface area contributed by atoms with E-state index in [1.165, 1.54) is 12.3 Å². The van der Waals surface area contributed by atoms with Gasteiger partial charge in [0.1, 0.15) is 43.4 Å². The fourth-order valence-electron chi connectivity index (χ4n) is 3.28. The van der Waals surface area contributed by atoms with Gasteiger partial charge in [-0.1, -0.05) is 0 Å². The monoisotopic (exact) mass is 441 g/mol. The van der Waals surface area contributed by atoms with Crippen molar-refractivity contribution in [3.05, 3.63) is 52.8 Å². The molecular formula is C17H22N4O8P+. The minimum Gasteiger partial charge on any atom is -0.387 e. The lowest BCUT2D eigenvalue weighted by molar-refractivity contribution is -0.0663. The van der Waals surface area contributed by atoms with E-state index < -0.39 is 44.5 Å². The molecule has 2 unspecified atom stereocenters. The molecule has 30 heavy (non-hydrogen) atoms. The summed E-state index contributed by atoms with van der Waals surface area (Å²) in [6.07, 6.45) is -0.429. The highest BCUT2D eigenvalue weighted by Crippen LogP contribution is 2.64. The van der Waals surface area contributed by atoms with Gasteiger partial charge in [-0.25, -0.2) is 4.79 Å². The first-order valence-corrected chi connectivity index (χ1v) is 10.7. The highest BCUT2D eigenvalue weighted by Gasteiger charge is 2.53. The van der Waals surface area contributed by atoms with Gasteiger partial charge >= 0.3 is 13.9 Å². The van der Waals surface area contributed by atoms with E-state index in [0.29, 0.717) is 6.42 Å². The molecule has 0 aromatic carbocycles. The number of rotatable bonds is 5. The second kappa shape index (κ2) is 8.61. The third-order valence-corrected chi connectivity index (χ3v) is 6.34. The van der Waals surface area contributed by atoms with E-state index in [4.69, 9.17) is 24.0 Å². The van der Waals surface area contributed by atoms with Gasteiger partial charge in [0.05, 0.1) is 0 Å². The Morgan fingerprint density at radius 2 is 2.03 bits per heavy atom. The molecule has 2 aliphatic rings. The molecule has 12 nitrogen and oxygen atoms in total. The number of pyridine rings is 1. The van der Waals surface area contributed by atoms with E-state index >= 15 is 0 Å². The van der Waals surface area contributed by atoms with Crippen LogP contribution < -0.4 is 11.4 Å². The molecule has 5 N–H and O–H groups in total. The zero-order valence-corrected chi connectivity index (χ0v) is 16.6. The maximum absolute atomic E-state index is 12.0. The molecule has 0 aliphatic carbocycles. The summed E-state index contributed by atoms with van der Waals surface area (Å²) >= 11 is 0. The van der Waals surface area contributed by atoms with Gasteiger partial charge in [0.25, 0.3) is 0 Å². The number of aromatic nitrogens is 3. The summed E-state index contributed by atoms with van der Waals surface area (Å²) in [5.74, 6) is 0.0199. The highest BCUT2D eigenvalue weighted by atomic mass is 31.2. The standard InChI is InChI=1S/C17H21N4O8P/c18-13-3-7-21(17(24)20-13)16-15(23)14(22)12(28-16)9-27-30(25)26-8-4-11(29-30)10-1-5-19-6-2-10/h1-3,5-7,11-12,14-16,22-23,25H,4,8-9H2,(H-,18,20,24)/p+1/t11?,12-,14-,15+,16-,30?/m1/s1. The maximum atomic E-state index is 12.0. The molecule has 0 amide bonds. The fourth-order valence-corrected chi connectivity index (χ4v) is 4.69. The molecule has 2 fully saturated rings. The summed E-state index contributed by atoms with van der Waals surface area (Å²) in [5.41, 5.74) is 5.54. The van der Waals surface area contributed by atoms with Crippen LogP contribution in [0.25, 0.3) is 0 Å². The molecule has 0 radical (unpaired) electrons. The zero-order valence-electron chi connectivity index (χ0n) is 15.7. The van der Waals surface area contributed by atoms with Crippen molar-refractivity contribution in [2.24, 2.45) is 0 Å². The van der Waals surface area contributed by atoms with Crippen LogP contribution in [0.1, 0.15) is 24.3 Å². The van der Waals surface area contributed by atoms with Crippen LogP contribution in [-0.2, 0) is 18.3 Å². The molecule has 0 spiro atoms. The first kappa shape index (κ1) is 21.2. The molecule has 0 bridgehead atoms. The molecule has 0 saturated carbocycles. The molecule has 162 valence electrons. The second-order valence-electron chi connectivity index (χ2n) is 6.85. The minimum absolute atomic E-state index is 0.0199. The van der Waals surface area contributed by atoms with Crippen LogP contribution >= 0.6 is 8.17 Å². The number of anilines is 1. The third-order valence-electron chi connectivity index (χ3n) is 4.84. The molecule has 2 saturated heterocycles. The third kappa shape index (κ3) is 4.36. The van der Waals surface area contributed by atoms with E-state index in [2.05, 4.69) is 9.97 Å². The molecule has 4 rings (SSSR count). The normalized spacial score (nSPS) is 34.2. The summed E-state index contributed by atoms with van der Waals surface area (Å²) in [5, 5.41) is 20.6. The van der Waals surface area contributed by atoms with E-state index in [0.717, 1.165) is 10.1 Å². The van der Waals surface area contributed by atoms with Gasteiger partial charge in [-0.15, -0.1) is 4.52 Å². The van der Waals surface area contributed by atoms with Gasteiger partial charge in [-0.2, -0.15) is 18.9 Å². The van der Waals surface area contributed by atoms with Crippen molar-refractivity contribution in [2.45, 2.75) is 37.1 Å². The molecule has 2 aromatic heterocycles. The lowest BCUT2D eigenvalue weighted by atomic mass is 10.1. The van der Waals surface area contributed by atoms with Crippen LogP contribution in [0.4, 0.5) is 5.82 Å². The maximum Gasteiger partial charge on any atom is 0.573 e. The number of nitrogens with two attached hydrogens (primary N) is 1. The smallest absolute Gasteiger partial charge is 0.387 e. The summed E-state index contributed by atoms with van der Waals surface area (Å²) < 4.78 is 23.0. The molecule has 4 heterocycles. The Bertz CT molecular complexity index is 933. The van der Waals surface area contributed by atoms with Crippen molar-refractivity contribution in [2.75, 3.05) is 18.9 Å². The molecule has 6 atom stereocenters. The number of hydrogen-bond donors (Lipinski definition) is 4. The number of ether oxygens (including phenoxy) is 1. The van der Waals surface area contributed by atoms with Crippen LogP contribution in [0.5, 0.6) is 0 Å². The summed E-state index contributed by atoms with van der Waals surface area (Å²) in [4.78, 5) is 30.1. The number of aliphatic hydroxyl groups is 2. The highest BCUT2D eigenvalue weighted by molar-refractivity contribution is 7.55. The Morgan fingerprint density at radius 1 is 1.27 bits per heavy atom. The summed E-state index contributed by atoms with van der Waals surface area (Å²) in [7, 11) is -3.68. The van der Waals surface area contributed by atoms with Crippen molar-refractivity contribution in [3.63, 3.8) is 0 Å². The van der Waals surface area contributed by atoms with Crippen molar-refractivity contribution < 1.29 is 33.4 Å². The first-order chi connectivity index (χ1) is 14.4. The van der Waals surface area contributed by atoms with Gasteiger partial charge < -0.3 is 20.7 Å². The second-order valence-corrected chi connectivity index (χ2v) is 8.51. The zero-order chi connectivity index (χ0) is 21.3. The molecule has 2 aromatic rings. The summed E-state index contributed by atoms with van der Waals surface area (Å²) in [6, 6.07) is 4.90. The molecule has 2 aliphatic heterocycles. The van der Waals surface area contributed by atoms with Gasteiger partial charge in [0, 0.05) is 25.0 Å². The lowest BCUT2D eigenvalue weighted by Gasteiger charge is -2.26. The quantitative estimate of drug-likeness (QED) is 0.449. The van der Waals surface area contributed by atoms with Gasteiger partial charge in [0.2, 0.25) is 0 Å². The average molecular weight is 441 g/mol. The SMILES string of the molecule is Nc1ccn([C@@H]2O[C@H](CO[P+]3(O)OCCC(c4ccncc4)O3)[C@@H](O)[C@@H]2O)c(=O)n1. The van der Waals surface area contributed by atoms with Crippen LogP contribution in [0.15, 0.2) is 41.6 Å². The first-order valence-electron chi connectivity index (χ1n) is 9.22. The van der Waals surface area contributed by atoms with Gasteiger partial charge in [-0.3, -0.25) is 9.55 Å². The summed E-state index contributed by atoms with van der Waals surface area (Å²) in [6.45, 7) is -0.123. The predicted octanol–water partition coefficient (Wildman–Crippen LogP) is -0.296. The van der Waals surface area contributed by atoms with Crippen LogP contribution in [0, 0.1) is 0 Å². The molecular weight excluding hydrogens is 419 g/mol. The number of nitrogen functional groups attached to an aromatic ring is 1.